The first-order chi connectivity index (χ1) is 17.9. The number of hydrogen-bond donors (Lipinski definition) is 2. The molecule has 0 saturated carbocycles. The zero-order valence-corrected chi connectivity index (χ0v) is 21.3. The van der Waals surface area contributed by atoms with Gasteiger partial charge in [-0.1, -0.05) is 85.3 Å². The predicted molar refractivity (Wildman–Crippen MR) is 145 cm³/mol. The summed E-state index contributed by atoms with van der Waals surface area (Å²) in [4.78, 5) is 13.4. The monoisotopic (exact) mass is 516 g/mol. The number of carbonyl (C=O) groups excluding carboxylic acids is 1. The molecule has 3 aromatic carbocycles. The molecule has 0 bridgehead atoms. The Morgan fingerprint density at radius 3 is 2.32 bits per heavy atom. The van der Waals surface area contributed by atoms with E-state index in [0.29, 0.717) is 24.1 Å². The highest BCUT2D eigenvalue weighted by Crippen LogP contribution is 2.31. The van der Waals surface area contributed by atoms with E-state index in [4.69, 9.17) is 27.5 Å². The largest absolute Gasteiger partial charge is 0.368 e. The number of amides is 1. The lowest BCUT2D eigenvalue weighted by molar-refractivity contribution is -0.123. The Morgan fingerprint density at radius 2 is 1.68 bits per heavy atom. The minimum Gasteiger partial charge on any atom is -0.368 e. The molecule has 3 aromatic rings. The number of benzene rings is 3. The number of nitrogens with two attached hydrogens (primary N) is 1. The number of carbonyl (C=O) groups is 1. The standard InChI is InChI=1S/C28H29ClN6O2/c1-2-19-8-12-22(13-9-19)26-24(21-6-4-3-5-7-21)17-34(31-26)27-32-35(28(37)33(27)18-25(30)36)16-20-10-14-23(29)15-11-20/h3-15,24,28,37H,2,16-18H2,1H3,(H2,30,36)/t24-,28?/m0/s1. The summed E-state index contributed by atoms with van der Waals surface area (Å²) in [5.41, 5.74) is 10.8. The van der Waals surface area contributed by atoms with Gasteiger partial charge in [0.1, 0.15) is 6.54 Å². The van der Waals surface area contributed by atoms with Crippen molar-refractivity contribution in [2.45, 2.75) is 32.2 Å². The van der Waals surface area contributed by atoms with Gasteiger partial charge in [-0.25, -0.2) is 10.0 Å². The van der Waals surface area contributed by atoms with Crippen molar-refractivity contribution in [1.82, 2.24) is 14.9 Å². The van der Waals surface area contributed by atoms with E-state index in [1.807, 2.05) is 30.3 Å². The molecular formula is C28H29ClN6O2. The van der Waals surface area contributed by atoms with Gasteiger partial charge >= 0.3 is 0 Å². The SMILES string of the molecule is CCc1ccc(C2=NN(C3=NN(Cc4ccc(Cl)cc4)C(O)N3CC(N)=O)C[C@H]2c2ccccc2)cc1. The summed E-state index contributed by atoms with van der Waals surface area (Å²) in [5, 5.41) is 24.7. The van der Waals surface area contributed by atoms with Gasteiger partial charge in [0.15, 0.2) is 0 Å². The second-order valence-electron chi connectivity index (χ2n) is 9.15. The first-order valence-electron chi connectivity index (χ1n) is 12.3. The second-order valence-corrected chi connectivity index (χ2v) is 9.58. The van der Waals surface area contributed by atoms with Crippen molar-refractivity contribution in [3.8, 4) is 0 Å². The van der Waals surface area contributed by atoms with Crippen LogP contribution in [0.3, 0.4) is 0 Å². The summed E-state index contributed by atoms with van der Waals surface area (Å²) in [7, 11) is 0. The van der Waals surface area contributed by atoms with E-state index in [-0.39, 0.29) is 12.5 Å². The third-order valence-corrected chi connectivity index (χ3v) is 6.86. The number of rotatable bonds is 7. The molecule has 9 heteroatoms. The van der Waals surface area contributed by atoms with Gasteiger partial charge in [-0.2, -0.15) is 5.10 Å². The van der Waals surface area contributed by atoms with Crippen LogP contribution in [0.4, 0.5) is 0 Å². The van der Waals surface area contributed by atoms with Crippen molar-refractivity contribution in [2.24, 2.45) is 15.9 Å². The number of primary amides is 1. The zero-order chi connectivity index (χ0) is 25.9. The molecule has 0 aliphatic carbocycles. The van der Waals surface area contributed by atoms with E-state index in [0.717, 1.165) is 28.8 Å². The minimum absolute atomic E-state index is 0.0192. The van der Waals surface area contributed by atoms with Gasteiger partial charge in [0, 0.05) is 10.9 Å². The Labute approximate surface area is 221 Å². The Hall–Kier alpha value is -3.88. The van der Waals surface area contributed by atoms with Crippen LogP contribution in [0.15, 0.2) is 89.1 Å². The number of aliphatic hydroxyl groups is 1. The van der Waals surface area contributed by atoms with E-state index in [1.54, 1.807) is 17.1 Å². The van der Waals surface area contributed by atoms with Crippen molar-refractivity contribution in [1.29, 1.82) is 0 Å². The molecule has 2 heterocycles. The molecule has 0 saturated heterocycles. The van der Waals surface area contributed by atoms with Gasteiger partial charge in [0.2, 0.25) is 18.2 Å². The van der Waals surface area contributed by atoms with Crippen molar-refractivity contribution in [2.75, 3.05) is 13.1 Å². The van der Waals surface area contributed by atoms with Gasteiger partial charge in [0.25, 0.3) is 0 Å². The first kappa shape index (κ1) is 24.8. The Bertz CT molecular complexity index is 1310. The highest BCUT2D eigenvalue weighted by Gasteiger charge is 2.40. The normalized spacial score (nSPS) is 19.3. The molecule has 37 heavy (non-hydrogen) atoms. The molecule has 0 fully saturated rings. The van der Waals surface area contributed by atoms with E-state index in [9.17, 15) is 9.90 Å². The highest BCUT2D eigenvalue weighted by molar-refractivity contribution is 6.30. The maximum Gasteiger partial charge on any atom is 0.243 e. The number of aliphatic hydroxyl groups excluding tert-OH is 1. The van der Waals surface area contributed by atoms with Crippen LogP contribution in [0, 0.1) is 0 Å². The lowest BCUT2D eigenvalue weighted by atomic mass is 9.90. The van der Waals surface area contributed by atoms with Crippen LogP contribution in [-0.2, 0) is 17.8 Å². The van der Waals surface area contributed by atoms with Gasteiger partial charge in [-0.05, 0) is 40.8 Å². The number of nitrogens with zero attached hydrogens (tertiary/aromatic N) is 5. The minimum atomic E-state index is -1.17. The maximum atomic E-state index is 11.9. The lowest BCUT2D eigenvalue weighted by Crippen LogP contribution is -2.49. The van der Waals surface area contributed by atoms with Crippen LogP contribution in [0.2, 0.25) is 5.02 Å². The molecular weight excluding hydrogens is 488 g/mol. The number of guanidine groups is 1. The van der Waals surface area contributed by atoms with Crippen molar-refractivity contribution >= 4 is 29.2 Å². The molecule has 0 radical (unpaired) electrons. The third-order valence-electron chi connectivity index (χ3n) is 6.61. The summed E-state index contributed by atoms with van der Waals surface area (Å²) in [6, 6.07) is 25.9. The van der Waals surface area contributed by atoms with Crippen LogP contribution in [0.25, 0.3) is 0 Å². The van der Waals surface area contributed by atoms with E-state index in [1.165, 1.54) is 15.5 Å². The highest BCUT2D eigenvalue weighted by atomic mass is 35.5. The summed E-state index contributed by atoms with van der Waals surface area (Å²) in [6.07, 6.45) is -0.210. The average molecular weight is 517 g/mol. The van der Waals surface area contributed by atoms with E-state index in [2.05, 4.69) is 43.3 Å². The molecule has 190 valence electrons. The predicted octanol–water partition coefficient (Wildman–Crippen LogP) is 3.56. The molecule has 2 aliphatic rings. The van der Waals surface area contributed by atoms with Crippen molar-refractivity contribution in [3.63, 3.8) is 0 Å². The molecule has 1 unspecified atom stereocenters. The molecule has 2 aliphatic heterocycles. The van der Waals surface area contributed by atoms with Crippen molar-refractivity contribution < 1.29 is 9.90 Å². The fraction of sp³-hybridized carbons (Fsp3) is 0.250. The van der Waals surface area contributed by atoms with Crippen molar-refractivity contribution in [3.05, 3.63) is 106 Å². The molecule has 2 atom stereocenters. The summed E-state index contributed by atoms with van der Waals surface area (Å²) < 4.78 is 0. The molecule has 0 spiro atoms. The molecule has 1 amide bonds. The number of hydrazone groups is 2. The Balaban J connectivity index is 1.50. The quantitative estimate of drug-likeness (QED) is 0.500. The van der Waals surface area contributed by atoms with E-state index < -0.39 is 12.3 Å². The van der Waals surface area contributed by atoms with Crippen LogP contribution in [-0.4, -0.2) is 57.0 Å². The topological polar surface area (TPSA) is 97.8 Å². The molecule has 0 aromatic heterocycles. The average Bonchev–Trinajstić information content (AvgIpc) is 3.48. The maximum absolute atomic E-state index is 11.9. The van der Waals surface area contributed by atoms with Gasteiger partial charge < -0.3 is 10.8 Å². The van der Waals surface area contributed by atoms with Crippen LogP contribution >= 0.6 is 11.6 Å². The summed E-state index contributed by atoms with van der Waals surface area (Å²) in [5.74, 6) is -0.214. The molecule has 3 N–H and O–H groups in total. The van der Waals surface area contributed by atoms with E-state index >= 15 is 0 Å². The van der Waals surface area contributed by atoms with Gasteiger partial charge in [-0.3, -0.25) is 9.69 Å². The second kappa shape index (κ2) is 10.6. The zero-order valence-electron chi connectivity index (χ0n) is 20.5. The van der Waals surface area contributed by atoms with Crippen LogP contribution in [0.5, 0.6) is 0 Å². The third kappa shape index (κ3) is 5.30. The lowest BCUT2D eigenvalue weighted by Gasteiger charge is -2.28. The van der Waals surface area contributed by atoms with Gasteiger partial charge in [-0.15, -0.1) is 5.10 Å². The fourth-order valence-corrected chi connectivity index (χ4v) is 4.77. The molecule has 8 nitrogen and oxygen atoms in total. The van der Waals surface area contributed by atoms with Crippen LogP contribution < -0.4 is 5.73 Å². The Morgan fingerprint density at radius 1 is 1.00 bits per heavy atom. The van der Waals surface area contributed by atoms with Gasteiger partial charge in [0.05, 0.1) is 18.8 Å². The Kier molecular flexibility index (Phi) is 7.12. The molecule has 5 rings (SSSR count). The summed E-state index contributed by atoms with van der Waals surface area (Å²) >= 11 is 6.02. The first-order valence-corrected chi connectivity index (χ1v) is 12.6. The number of halogens is 1. The number of aryl methyl sites for hydroxylation is 1. The number of hydrogen-bond acceptors (Lipinski definition) is 7. The smallest absolute Gasteiger partial charge is 0.243 e. The summed E-state index contributed by atoms with van der Waals surface area (Å²) in [6.45, 7) is 2.76. The fourth-order valence-electron chi connectivity index (χ4n) is 4.65. The van der Waals surface area contributed by atoms with Crippen LogP contribution in [0.1, 0.15) is 35.1 Å².